The first-order valence-electron chi connectivity index (χ1n) is 7.99. The van der Waals surface area contributed by atoms with Gasteiger partial charge in [-0.3, -0.25) is 4.79 Å². The number of ether oxygens (including phenoxy) is 1. The summed E-state index contributed by atoms with van der Waals surface area (Å²) in [4.78, 5) is 25.4. The zero-order chi connectivity index (χ0) is 20.3. The molecule has 0 saturated heterocycles. The standard InChI is InChI=1S/C18H21N3O5S/c1-3-12-21(13-4-2)17(22)14-26-18(23)15-6-8-16(9-7-15)27(24,25)20-11-5-10-19/h3-4,6-9,20H,1-2,5,11-14H2. The van der Waals surface area contributed by atoms with Crippen molar-refractivity contribution in [1.29, 1.82) is 5.26 Å². The van der Waals surface area contributed by atoms with E-state index in [1.54, 1.807) is 12.2 Å². The minimum absolute atomic E-state index is 0.00332. The normalized spacial score (nSPS) is 10.5. The van der Waals surface area contributed by atoms with Gasteiger partial charge in [0.1, 0.15) is 0 Å². The summed E-state index contributed by atoms with van der Waals surface area (Å²) in [5, 5.41) is 8.44. The van der Waals surface area contributed by atoms with Crippen LogP contribution in [-0.4, -0.2) is 51.4 Å². The minimum Gasteiger partial charge on any atom is -0.452 e. The van der Waals surface area contributed by atoms with Crippen LogP contribution in [0.25, 0.3) is 0 Å². The third kappa shape index (κ3) is 7.05. The number of hydrogen-bond acceptors (Lipinski definition) is 6. The second kappa shape index (κ2) is 10.9. The van der Waals surface area contributed by atoms with Crippen molar-refractivity contribution in [2.75, 3.05) is 26.2 Å². The van der Waals surface area contributed by atoms with Crippen LogP contribution in [0.1, 0.15) is 16.8 Å². The van der Waals surface area contributed by atoms with Gasteiger partial charge in [0, 0.05) is 26.1 Å². The Bertz CT molecular complexity index is 816. The quantitative estimate of drug-likeness (QED) is 0.345. The molecule has 0 aliphatic rings. The van der Waals surface area contributed by atoms with Crippen molar-refractivity contribution < 1.29 is 22.7 Å². The van der Waals surface area contributed by atoms with E-state index in [1.807, 2.05) is 6.07 Å². The topological polar surface area (TPSA) is 117 Å². The molecule has 0 fully saturated rings. The average molecular weight is 391 g/mol. The van der Waals surface area contributed by atoms with Crippen molar-refractivity contribution in [3.63, 3.8) is 0 Å². The number of nitrogens with zero attached hydrogens (tertiary/aromatic N) is 2. The molecule has 0 unspecified atom stereocenters. The van der Waals surface area contributed by atoms with Gasteiger partial charge in [-0.15, -0.1) is 13.2 Å². The molecule has 0 atom stereocenters. The zero-order valence-corrected chi connectivity index (χ0v) is 15.6. The smallest absolute Gasteiger partial charge is 0.338 e. The molecule has 0 spiro atoms. The van der Waals surface area contributed by atoms with Crippen LogP contribution in [0.3, 0.4) is 0 Å². The van der Waals surface area contributed by atoms with E-state index in [0.717, 1.165) is 0 Å². The first-order chi connectivity index (χ1) is 12.9. The molecule has 1 aromatic rings. The Kier molecular flexibility index (Phi) is 8.92. The fourth-order valence-corrected chi connectivity index (χ4v) is 3.02. The lowest BCUT2D eigenvalue weighted by Gasteiger charge is -2.18. The van der Waals surface area contributed by atoms with E-state index >= 15 is 0 Å². The predicted molar refractivity (Wildman–Crippen MR) is 99.1 cm³/mol. The van der Waals surface area contributed by atoms with Gasteiger partial charge in [-0.25, -0.2) is 17.9 Å². The molecule has 0 saturated carbocycles. The third-order valence-electron chi connectivity index (χ3n) is 3.31. The van der Waals surface area contributed by atoms with Crippen LogP contribution < -0.4 is 4.72 Å². The molecule has 9 heteroatoms. The van der Waals surface area contributed by atoms with E-state index < -0.39 is 28.5 Å². The SMILES string of the molecule is C=CCN(CC=C)C(=O)COC(=O)c1ccc(S(=O)(=O)NCCC#N)cc1. The summed E-state index contributed by atoms with van der Waals surface area (Å²) in [5.41, 5.74) is 0.109. The maximum atomic E-state index is 12.0. The molecule has 1 rings (SSSR count). The first kappa shape index (κ1) is 22.1. The fourth-order valence-electron chi connectivity index (χ4n) is 1.99. The number of sulfonamides is 1. The Morgan fingerprint density at radius 1 is 1.19 bits per heavy atom. The van der Waals surface area contributed by atoms with Crippen LogP contribution in [0.15, 0.2) is 54.5 Å². The summed E-state index contributed by atoms with van der Waals surface area (Å²) in [6.07, 6.45) is 3.15. The van der Waals surface area contributed by atoms with Crippen molar-refractivity contribution in [3.05, 3.63) is 55.1 Å². The molecule has 8 nitrogen and oxygen atoms in total. The number of esters is 1. The second-order valence-electron chi connectivity index (χ2n) is 5.28. The van der Waals surface area contributed by atoms with Gasteiger partial charge in [0.05, 0.1) is 16.5 Å². The van der Waals surface area contributed by atoms with E-state index in [4.69, 9.17) is 10.00 Å². The number of rotatable bonds is 11. The highest BCUT2D eigenvalue weighted by Gasteiger charge is 2.17. The number of hydrogen-bond donors (Lipinski definition) is 1. The Morgan fingerprint density at radius 3 is 2.30 bits per heavy atom. The van der Waals surface area contributed by atoms with Gasteiger partial charge in [-0.1, -0.05) is 12.2 Å². The Hall–Kier alpha value is -2.96. The van der Waals surface area contributed by atoms with Crippen LogP contribution in [-0.2, 0) is 19.6 Å². The third-order valence-corrected chi connectivity index (χ3v) is 4.78. The maximum Gasteiger partial charge on any atom is 0.338 e. The number of benzene rings is 1. The van der Waals surface area contributed by atoms with Crippen molar-refractivity contribution in [2.24, 2.45) is 0 Å². The van der Waals surface area contributed by atoms with Crippen molar-refractivity contribution in [1.82, 2.24) is 9.62 Å². The van der Waals surface area contributed by atoms with Gasteiger partial charge in [0.2, 0.25) is 10.0 Å². The number of amides is 1. The van der Waals surface area contributed by atoms with Gasteiger partial charge in [0.25, 0.3) is 5.91 Å². The summed E-state index contributed by atoms with van der Waals surface area (Å²) in [6, 6.07) is 6.90. The summed E-state index contributed by atoms with van der Waals surface area (Å²) in [7, 11) is -3.76. The lowest BCUT2D eigenvalue weighted by Crippen LogP contribution is -2.35. The van der Waals surface area contributed by atoms with E-state index in [0.29, 0.717) is 13.1 Å². The molecule has 1 amide bonds. The monoisotopic (exact) mass is 391 g/mol. The van der Waals surface area contributed by atoms with Gasteiger partial charge in [0.15, 0.2) is 6.61 Å². The first-order valence-corrected chi connectivity index (χ1v) is 9.47. The van der Waals surface area contributed by atoms with Crippen molar-refractivity contribution in [2.45, 2.75) is 11.3 Å². The maximum absolute atomic E-state index is 12.0. The molecule has 0 bridgehead atoms. The molecular formula is C18H21N3O5S. The molecule has 1 N–H and O–H groups in total. The van der Waals surface area contributed by atoms with Crippen LogP contribution in [0.5, 0.6) is 0 Å². The Balaban J connectivity index is 2.69. The lowest BCUT2D eigenvalue weighted by atomic mass is 10.2. The van der Waals surface area contributed by atoms with Gasteiger partial charge < -0.3 is 9.64 Å². The molecule has 0 aliphatic carbocycles. The van der Waals surface area contributed by atoms with Gasteiger partial charge in [-0.05, 0) is 24.3 Å². The highest BCUT2D eigenvalue weighted by molar-refractivity contribution is 7.89. The van der Waals surface area contributed by atoms with E-state index in [9.17, 15) is 18.0 Å². The van der Waals surface area contributed by atoms with Gasteiger partial charge in [-0.2, -0.15) is 5.26 Å². The highest BCUT2D eigenvalue weighted by Crippen LogP contribution is 2.11. The summed E-state index contributed by atoms with van der Waals surface area (Å²) >= 11 is 0. The molecule has 0 aromatic heterocycles. The van der Waals surface area contributed by atoms with Crippen LogP contribution in [0, 0.1) is 11.3 Å². The molecular weight excluding hydrogens is 370 g/mol. The molecule has 144 valence electrons. The molecule has 1 aromatic carbocycles. The molecule has 0 aliphatic heterocycles. The number of carbonyl (C=O) groups excluding carboxylic acids is 2. The summed E-state index contributed by atoms with van der Waals surface area (Å²) < 4.78 is 31.2. The van der Waals surface area contributed by atoms with Gasteiger partial charge >= 0.3 is 5.97 Å². The Morgan fingerprint density at radius 2 is 1.78 bits per heavy atom. The largest absolute Gasteiger partial charge is 0.452 e. The van der Waals surface area contributed by atoms with E-state index in [1.165, 1.54) is 29.2 Å². The predicted octanol–water partition coefficient (Wildman–Crippen LogP) is 1.24. The summed E-state index contributed by atoms with van der Waals surface area (Å²) in [6.45, 7) is 7.25. The average Bonchev–Trinajstić information content (AvgIpc) is 2.66. The van der Waals surface area contributed by atoms with Crippen molar-refractivity contribution in [3.8, 4) is 6.07 Å². The summed E-state index contributed by atoms with van der Waals surface area (Å²) in [5.74, 6) is -1.15. The second-order valence-corrected chi connectivity index (χ2v) is 7.05. The molecule has 0 radical (unpaired) electrons. The molecule has 27 heavy (non-hydrogen) atoms. The van der Waals surface area contributed by atoms with Crippen LogP contribution in [0.2, 0.25) is 0 Å². The Labute approximate surface area is 158 Å². The van der Waals surface area contributed by atoms with Crippen molar-refractivity contribution >= 4 is 21.9 Å². The van der Waals surface area contributed by atoms with Crippen LogP contribution >= 0.6 is 0 Å². The number of nitriles is 1. The highest BCUT2D eigenvalue weighted by atomic mass is 32.2. The number of carbonyl (C=O) groups is 2. The lowest BCUT2D eigenvalue weighted by molar-refractivity contribution is -0.133. The van der Waals surface area contributed by atoms with E-state index in [-0.39, 0.29) is 23.4 Å². The number of nitrogens with one attached hydrogen (secondary N) is 1. The molecule has 0 heterocycles. The van der Waals surface area contributed by atoms with E-state index in [2.05, 4.69) is 17.9 Å². The van der Waals surface area contributed by atoms with Crippen LogP contribution in [0.4, 0.5) is 0 Å². The zero-order valence-electron chi connectivity index (χ0n) is 14.8. The minimum atomic E-state index is -3.76. The fraction of sp³-hybridized carbons (Fsp3) is 0.278.